The van der Waals surface area contributed by atoms with Crippen LogP contribution in [0.5, 0.6) is 0 Å². The predicted molar refractivity (Wildman–Crippen MR) is 81.6 cm³/mol. The van der Waals surface area contributed by atoms with Gasteiger partial charge >= 0.3 is 0 Å². The highest BCUT2D eigenvalue weighted by molar-refractivity contribution is 7.16. The summed E-state index contributed by atoms with van der Waals surface area (Å²) in [5.41, 5.74) is 6.30. The molecule has 96 valence electrons. The van der Waals surface area contributed by atoms with Crippen molar-refractivity contribution < 1.29 is 0 Å². The lowest BCUT2D eigenvalue weighted by molar-refractivity contribution is 1.24. The van der Waals surface area contributed by atoms with E-state index in [4.69, 9.17) is 28.9 Å². The highest BCUT2D eigenvalue weighted by Crippen LogP contribution is 2.35. The molecule has 0 aliphatic carbocycles. The Balaban J connectivity index is 2.13. The van der Waals surface area contributed by atoms with Crippen molar-refractivity contribution in [2.75, 3.05) is 11.1 Å². The maximum atomic E-state index is 6.13. The lowest BCUT2D eigenvalue weighted by Gasteiger charge is -2.10. The van der Waals surface area contributed by atoms with E-state index in [2.05, 4.69) is 15.3 Å². The summed E-state index contributed by atoms with van der Waals surface area (Å²) in [7, 11) is 0. The Bertz CT molecular complexity index is 736. The number of aromatic nitrogens is 2. The van der Waals surface area contributed by atoms with Gasteiger partial charge in [-0.3, -0.25) is 0 Å². The molecule has 0 aliphatic heterocycles. The van der Waals surface area contributed by atoms with Gasteiger partial charge in [0.05, 0.1) is 21.1 Å². The van der Waals surface area contributed by atoms with Crippen molar-refractivity contribution in [1.82, 2.24) is 9.97 Å². The molecule has 3 N–H and O–H groups in total. The largest absolute Gasteiger partial charge is 0.368 e. The SMILES string of the molecule is Nc1nc(Nc2c(Cl)cccc2Cl)c2ccsc2n1. The molecule has 1 aromatic carbocycles. The zero-order chi connectivity index (χ0) is 13.4. The van der Waals surface area contributed by atoms with Gasteiger partial charge in [-0.15, -0.1) is 11.3 Å². The van der Waals surface area contributed by atoms with Gasteiger partial charge in [-0.1, -0.05) is 29.3 Å². The standard InChI is InChI=1S/C12H8Cl2N4S/c13-7-2-1-3-8(14)9(7)16-10-6-4-5-19-11(6)18-12(15)17-10/h1-5H,(H3,15,16,17,18). The molecule has 19 heavy (non-hydrogen) atoms. The summed E-state index contributed by atoms with van der Waals surface area (Å²) in [6.45, 7) is 0. The van der Waals surface area contributed by atoms with E-state index in [0.29, 0.717) is 21.6 Å². The van der Waals surface area contributed by atoms with Gasteiger partial charge in [0.15, 0.2) is 0 Å². The second-order valence-corrected chi connectivity index (χ2v) is 5.50. The molecular formula is C12H8Cl2N4S. The van der Waals surface area contributed by atoms with Crippen LogP contribution in [0.2, 0.25) is 10.0 Å². The van der Waals surface area contributed by atoms with E-state index in [9.17, 15) is 0 Å². The minimum absolute atomic E-state index is 0.209. The van der Waals surface area contributed by atoms with Crippen LogP contribution >= 0.6 is 34.5 Å². The Morgan fingerprint density at radius 3 is 2.58 bits per heavy atom. The van der Waals surface area contributed by atoms with Gasteiger partial charge in [0.1, 0.15) is 10.6 Å². The van der Waals surface area contributed by atoms with Crippen LogP contribution in [0.4, 0.5) is 17.5 Å². The number of hydrogen-bond acceptors (Lipinski definition) is 5. The molecule has 0 bridgehead atoms. The number of thiophene rings is 1. The topological polar surface area (TPSA) is 63.8 Å². The molecule has 3 rings (SSSR count). The third-order valence-electron chi connectivity index (χ3n) is 2.55. The number of para-hydroxylation sites is 1. The fourth-order valence-electron chi connectivity index (χ4n) is 1.70. The lowest BCUT2D eigenvalue weighted by Crippen LogP contribution is -2.00. The van der Waals surface area contributed by atoms with E-state index in [-0.39, 0.29) is 5.95 Å². The van der Waals surface area contributed by atoms with Crippen molar-refractivity contribution in [2.24, 2.45) is 0 Å². The average molecular weight is 311 g/mol. The van der Waals surface area contributed by atoms with Crippen LogP contribution in [0.15, 0.2) is 29.6 Å². The molecule has 0 spiro atoms. The number of rotatable bonds is 2. The number of benzene rings is 1. The Morgan fingerprint density at radius 1 is 1.11 bits per heavy atom. The summed E-state index contributed by atoms with van der Waals surface area (Å²) in [6, 6.07) is 7.22. The molecule has 0 unspecified atom stereocenters. The molecule has 0 saturated heterocycles. The summed E-state index contributed by atoms with van der Waals surface area (Å²) >= 11 is 13.7. The number of anilines is 3. The minimum atomic E-state index is 0.209. The maximum Gasteiger partial charge on any atom is 0.223 e. The molecule has 3 aromatic rings. The minimum Gasteiger partial charge on any atom is -0.368 e. The molecule has 4 nitrogen and oxygen atoms in total. The number of hydrogen-bond donors (Lipinski definition) is 2. The fourth-order valence-corrected chi connectivity index (χ4v) is 2.97. The zero-order valence-electron chi connectivity index (χ0n) is 9.52. The smallest absolute Gasteiger partial charge is 0.223 e. The van der Waals surface area contributed by atoms with E-state index < -0.39 is 0 Å². The number of nitrogens with zero attached hydrogens (tertiary/aromatic N) is 2. The quantitative estimate of drug-likeness (QED) is 0.739. The van der Waals surface area contributed by atoms with Crippen molar-refractivity contribution in [1.29, 1.82) is 0 Å². The summed E-state index contributed by atoms with van der Waals surface area (Å²) in [4.78, 5) is 9.18. The molecule has 0 radical (unpaired) electrons. The third kappa shape index (κ3) is 2.32. The van der Waals surface area contributed by atoms with Gasteiger partial charge in [-0.2, -0.15) is 4.98 Å². The van der Waals surface area contributed by atoms with Crippen molar-refractivity contribution in [3.63, 3.8) is 0 Å². The zero-order valence-corrected chi connectivity index (χ0v) is 11.9. The predicted octanol–water partition coefficient (Wildman–Crippen LogP) is 4.32. The molecular weight excluding hydrogens is 303 g/mol. The Hall–Kier alpha value is -1.56. The van der Waals surface area contributed by atoms with Gasteiger partial charge in [0.2, 0.25) is 5.95 Å². The van der Waals surface area contributed by atoms with E-state index in [1.807, 2.05) is 11.4 Å². The molecule has 0 saturated carbocycles. The molecule has 0 amide bonds. The van der Waals surface area contributed by atoms with Crippen molar-refractivity contribution in [3.8, 4) is 0 Å². The summed E-state index contributed by atoms with van der Waals surface area (Å²) < 4.78 is 0. The number of fused-ring (bicyclic) bond motifs is 1. The second-order valence-electron chi connectivity index (χ2n) is 3.79. The summed E-state index contributed by atoms with van der Waals surface area (Å²) in [6.07, 6.45) is 0. The van der Waals surface area contributed by atoms with Crippen molar-refractivity contribution in [2.45, 2.75) is 0 Å². The van der Waals surface area contributed by atoms with Gasteiger partial charge < -0.3 is 11.1 Å². The number of halogens is 2. The molecule has 7 heteroatoms. The van der Waals surface area contributed by atoms with Crippen LogP contribution in [0.3, 0.4) is 0 Å². The first kappa shape index (κ1) is 12.5. The van der Waals surface area contributed by atoms with E-state index in [0.717, 1.165) is 10.2 Å². The second kappa shape index (κ2) is 4.85. The normalized spacial score (nSPS) is 10.8. The van der Waals surface area contributed by atoms with Gasteiger partial charge in [-0.25, -0.2) is 4.98 Å². The van der Waals surface area contributed by atoms with E-state index >= 15 is 0 Å². The first-order chi connectivity index (χ1) is 9.15. The van der Waals surface area contributed by atoms with Crippen LogP contribution in [0.25, 0.3) is 10.2 Å². The third-order valence-corrected chi connectivity index (χ3v) is 3.99. The highest BCUT2D eigenvalue weighted by Gasteiger charge is 2.11. The van der Waals surface area contributed by atoms with Crippen LogP contribution in [0.1, 0.15) is 0 Å². The molecule has 0 atom stereocenters. The maximum absolute atomic E-state index is 6.13. The van der Waals surface area contributed by atoms with Crippen LogP contribution in [-0.4, -0.2) is 9.97 Å². The number of nitrogens with two attached hydrogens (primary N) is 1. The van der Waals surface area contributed by atoms with Gasteiger partial charge in [-0.05, 0) is 23.6 Å². The molecule has 0 aliphatic rings. The summed E-state index contributed by atoms with van der Waals surface area (Å²) in [5.74, 6) is 0.805. The Morgan fingerprint density at radius 2 is 1.84 bits per heavy atom. The monoisotopic (exact) mass is 310 g/mol. The Labute approximate surface area is 123 Å². The first-order valence-electron chi connectivity index (χ1n) is 5.37. The van der Waals surface area contributed by atoms with E-state index in [1.165, 1.54) is 11.3 Å². The molecule has 2 heterocycles. The van der Waals surface area contributed by atoms with Gasteiger partial charge in [0.25, 0.3) is 0 Å². The highest BCUT2D eigenvalue weighted by atomic mass is 35.5. The number of nitrogen functional groups attached to an aromatic ring is 1. The van der Waals surface area contributed by atoms with Crippen molar-refractivity contribution in [3.05, 3.63) is 39.7 Å². The van der Waals surface area contributed by atoms with E-state index in [1.54, 1.807) is 18.2 Å². The average Bonchev–Trinajstić information content (AvgIpc) is 2.81. The van der Waals surface area contributed by atoms with Crippen LogP contribution in [0, 0.1) is 0 Å². The van der Waals surface area contributed by atoms with Crippen molar-refractivity contribution >= 4 is 62.2 Å². The molecule has 0 fully saturated rings. The van der Waals surface area contributed by atoms with Crippen LogP contribution in [-0.2, 0) is 0 Å². The fraction of sp³-hybridized carbons (Fsp3) is 0. The van der Waals surface area contributed by atoms with Crippen LogP contribution < -0.4 is 11.1 Å². The molecule has 2 aromatic heterocycles. The summed E-state index contributed by atoms with van der Waals surface area (Å²) in [5, 5.41) is 6.98. The van der Waals surface area contributed by atoms with Gasteiger partial charge in [0, 0.05) is 0 Å². The lowest BCUT2D eigenvalue weighted by atomic mass is 10.3. The number of nitrogens with one attached hydrogen (secondary N) is 1. The first-order valence-corrected chi connectivity index (χ1v) is 7.00. The Kier molecular flexibility index (Phi) is 3.18.